The quantitative estimate of drug-likeness (QED) is 0.623. The van der Waals surface area contributed by atoms with Crippen LogP contribution in [0.1, 0.15) is 73.4 Å². The van der Waals surface area contributed by atoms with E-state index in [0.29, 0.717) is 11.8 Å². The smallest absolute Gasteiger partial charge is 0.150 e. The largest absolute Gasteiger partial charge is 0.298 e. The summed E-state index contributed by atoms with van der Waals surface area (Å²) in [7, 11) is 0. The molecule has 3 rings (SSSR count). The van der Waals surface area contributed by atoms with E-state index in [4.69, 9.17) is 0 Å². The predicted octanol–water partition coefficient (Wildman–Crippen LogP) is 5.86. The van der Waals surface area contributed by atoms with Crippen LogP contribution in [0.2, 0.25) is 0 Å². The van der Waals surface area contributed by atoms with Crippen LogP contribution in [-0.2, 0) is 6.42 Å². The fraction of sp³-hybridized carbons (Fsp3) is 0.500. The summed E-state index contributed by atoms with van der Waals surface area (Å²) >= 11 is 0. The van der Waals surface area contributed by atoms with Gasteiger partial charge in [0.25, 0.3) is 0 Å². The number of rotatable bonds is 5. The molecule has 23 heavy (non-hydrogen) atoms. The van der Waals surface area contributed by atoms with Crippen molar-refractivity contribution < 1.29 is 4.79 Å². The SMILES string of the molecule is CCCc1cc(C=O)ccc1C1CCC(C2=CC(C)C=C2)CC1. The van der Waals surface area contributed by atoms with Crippen molar-refractivity contribution in [2.24, 2.45) is 11.8 Å². The number of carbonyl (C=O) groups is 1. The molecule has 0 saturated heterocycles. The molecule has 122 valence electrons. The van der Waals surface area contributed by atoms with E-state index < -0.39 is 0 Å². The Morgan fingerprint density at radius 3 is 2.48 bits per heavy atom. The van der Waals surface area contributed by atoms with E-state index in [1.807, 2.05) is 6.07 Å². The van der Waals surface area contributed by atoms with E-state index in [2.05, 4.69) is 44.2 Å². The average Bonchev–Trinajstić information content (AvgIpc) is 3.02. The molecule has 0 aliphatic heterocycles. The molecule has 0 amide bonds. The molecule has 1 fully saturated rings. The van der Waals surface area contributed by atoms with E-state index >= 15 is 0 Å². The summed E-state index contributed by atoms with van der Waals surface area (Å²) < 4.78 is 0. The van der Waals surface area contributed by atoms with Crippen molar-refractivity contribution in [1.82, 2.24) is 0 Å². The minimum absolute atomic E-state index is 0.620. The Morgan fingerprint density at radius 2 is 1.87 bits per heavy atom. The number of hydrogen-bond donors (Lipinski definition) is 0. The highest BCUT2D eigenvalue weighted by Crippen LogP contribution is 2.41. The van der Waals surface area contributed by atoms with Crippen LogP contribution < -0.4 is 0 Å². The highest BCUT2D eigenvalue weighted by Gasteiger charge is 2.26. The van der Waals surface area contributed by atoms with Crippen LogP contribution in [0.15, 0.2) is 42.0 Å². The second-order valence-electron chi connectivity index (χ2n) is 7.26. The van der Waals surface area contributed by atoms with Gasteiger partial charge in [-0.3, -0.25) is 4.79 Å². The fourth-order valence-corrected chi connectivity index (χ4v) is 4.27. The Labute approximate surface area is 140 Å². The number of aldehydes is 1. The van der Waals surface area contributed by atoms with Crippen molar-refractivity contribution in [3.05, 3.63) is 58.7 Å². The predicted molar refractivity (Wildman–Crippen MR) is 96.9 cm³/mol. The first kappa shape index (κ1) is 16.2. The van der Waals surface area contributed by atoms with Gasteiger partial charge in [0.15, 0.2) is 0 Å². The fourth-order valence-electron chi connectivity index (χ4n) is 4.27. The third-order valence-corrected chi connectivity index (χ3v) is 5.51. The Bertz CT molecular complexity index is 615. The van der Waals surface area contributed by atoms with Crippen molar-refractivity contribution in [2.45, 2.75) is 58.3 Å². The van der Waals surface area contributed by atoms with Gasteiger partial charge >= 0.3 is 0 Å². The third kappa shape index (κ3) is 3.65. The number of aryl methyl sites for hydroxylation is 1. The summed E-state index contributed by atoms with van der Waals surface area (Å²) in [6.45, 7) is 4.48. The van der Waals surface area contributed by atoms with Gasteiger partial charge in [-0.15, -0.1) is 0 Å². The molecule has 1 atom stereocenters. The second-order valence-corrected chi connectivity index (χ2v) is 7.26. The maximum atomic E-state index is 11.1. The van der Waals surface area contributed by atoms with Gasteiger partial charge in [-0.05, 0) is 72.6 Å². The molecular formula is C22H28O. The zero-order valence-corrected chi connectivity index (χ0v) is 14.4. The maximum Gasteiger partial charge on any atom is 0.150 e. The van der Waals surface area contributed by atoms with Crippen LogP contribution in [0.5, 0.6) is 0 Å². The van der Waals surface area contributed by atoms with E-state index in [-0.39, 0.29) is 0 Å². The molecule has 0 spiro atoms. The molecule has 0 aromatic heterocycles. The molecule has 1 aromatic carbocycles. The number of benzene rings is 1. The normalized spacial score (nSPS) is 27.0. The summed E-state index contributed by atoms with van der Waals surface area (Å²) in [5.74, 6) is 2.06. The minimum atomic E-state index is 0.620. The van der Waals surface area contributed by atoms with E-state index in [1.165, 1.54) is 36.8 Å². The highest BCUT2D eigenvalue weighted by atomic mass is 16.1. The van der Waals surface area contributed by atoms with Gasteiger partial charge in [-0.2, -0.15) is 0 Å². The molecule has 0 N–H and O–H groups in total. The first-order chi connectivity index (χ1) is 11.2. The van der Waals surface area contributed by atoms with Crippen molar-refractivity contribution in [1.29, 1.82) is 0 Å². The molecule has 1 heteroatoms. The van der Waals surface area contributed by atoms with Gasteiger partial charge in [0, 0.05) is 5.56 Å². The van der Waals surface area contributed by atoms with Crippen LogP contribution in [0.25, 0.3) is 0 Å². The van der Waals surface area contributed by atoms with Crippen LogP contribution >= 0.6 is 0 Å². The van der Waals surface area contributed by atoms with E-state index in [9.17, 15) is 4.79 Å². The molecule has 0 radical (unpaired) electrons. The Balaban J connectivity index is 1.71. The van der Waals surface area contributed by atoms with Gasteiger partial charge < -0.3 is 0 Å². The van der Waals surface area contributed by atoms with Gasteiger partial charge in [0.05, 0.1) is 0 Å². The van der Waals surface area contributed by atoms with Crippen LogP contribution in [0.4, 0.5) is 0 Å². The molecule has 1 nitrogen and oxygen atoms in total. The molecule has 1 unspecified atom stereocenters. The monoisotopic (exact) mass is 308 g/mol. The van der Waals surface area contributed by atoms with Crippen LogP contribution in [0, 0.1) is 11.8 Å². The molecule has 2 aliphatic rings. The zero-order valence-electron chi connectivity index (χ0n) is 14.4. The van der Waals surface area contributed by atoms with Gasteiger partial charge in [-0.25, -0.2) is 0 Å². The molecule has 1 aromatic rings. The topological polar surface area (TPSA) is 17.1 Å². The first-order valence-corrected chi connectivity index (χ1v) is 9.19. The summed E-state index contributed by atoms with van der Waals surface area (Å²) in [6, 6.07) is 6.33. The van der Waals surface area contributed by atoms with Gasteiger partial charge in [0.1, 0.15) is 6.29 Å². The van der Waals surface area contributed by atoms with Crippen LogP contribution in [0.3, 0.4) is 0 Å². The summed E-state index contributed by atoms with van der Waals surface area (Å²) in [5, 5.41) is 0. The van der Waals surface area contributed by atoms with Crippen molar-refractivity contribution in [3.8, 4) is 0 Å². The first-order valence-electron chi connectivity index (χ1n) is 9.19. The molecule has 0 bridgehead atoms. The average molecular weight is 308 g/mol. The number of hydrogen-bond acceptors (Lipinski definition) is 1. The highest BCUT2D eigenvalue weighted by molar-refractivity contribution is 5.75. The zero-order chi connectivity index (χ0) is 16.2. The number of allylic oxidation sites excluding steroid dienone is 4. The molecular weight excluding hydrogens is 280 g/mol. The van der Waals surface area contributed by atoms with Crippen molar-refractivity contribution >= 4 is 6.29 Å². The maximum absolute atomic E-state index is 11.1. The summed E-state index contributed by atoms with van der Waals surface area (Å²) in [6.07, 6.45) is 15.5. The molecule has 2 aliphatic carbocycles. The Hall–Kier alpha value is -1.63. The summed E-state index contributed by atoms with van der Waals surface area (Å²) in [4.78, 5) is 11.1. The third-order valence-electron chi connectivity index (χ3n) is 5.51. The Kier molecular flexibility index (Phi) is 5.15. The van der Waals surface area contributed by atoms with Gasteiger partial charge in [-0.1, -0.05) is 50.6 Å². The second kappa shape index (κ2) is 7.29. The standard InChI is InChI=1S/C22H28O/c1-3-4-21-14-17(15-23)6-12-22(21)19-10-8-18(9-11-19)20-7-5-16(2)13-20/h5-7,12-16,18-19H,3-4,8-11H2,1-2H3. The Morgan fingerprint density at radius 1 is 1.13 bits per heavy atom. The van der Waals surface area contributed by atoms with Crippen molar-refractivity contribution in [2.75, 3.05) is 0 Å². The molecule has 0 heterocycles. The minimum Gasteiger partial charge on any atom is -0.298 e. The van der Waals surface area contributed by atoms with Crippen LogP contribution in [-0.4, -0.2) is 6.29 Å². The van der Waals surface area contributed by atoms with E-state index in [1.54, 1.807) is 5.57 Å². The lowest BCUT2D eigenvalue weighted by atomic mass is 9.74. The molecule has 1 saturated carbocycles. The lowest BCUT2D eigenvalue weighted by Gasteiger charge is -2.30. The lowest BCUT2D eigenvalue weighted by molar-refractivity contribution is 0.112. The summed E-state index contributed by atoms with van der Waals surface area (Å²) in [5.41, 5.74) is 5.29. The number of carbonyl (C=O) groups excluding carboxylic acids is 1. The van der Waals surface area contributed by atoms with Crippen molar-refractivity contribution in [3.63, 3.8) is 0 Å². The van der Waals surface area contributed by atoms with E-state index in [0.717, 1.165) is 30.6 Å². The lowest BCUT2D eigenvalue weighted by Crippen LogP contribution is -2.15. The van der Waals surface area contributed by atoms with Gasteiger partial charge in [0.2, 0.25) is 0 Å².